The lowest BCUT2D eigenvalue weighted by molar-refractivity contribution is -0.110. The second kappa shape index (κ2) is 6.94. The molecule has 1 aliphatic rings. The Balaban J connectivity index is 2.18. The molecule has 0 saturated carbocycles. The minimum atomic E-state index is -0.417. The Morgan fingerprint density at radius 2 is 1.69 bits per heavy atom. The number of rotatable bonds is 4. The number of hydrogen-bond donors (Lipinski definition) is 1. The molecule has 2 aromatic rings. The number of anilines is 1. The molecule has 3 rings (SSSR count). The van der Waals surface area contributed by atoms with Crippen molar-refractivity contribution in [3.05, 3.63) is 58.4 Å². The van der Waals surface area contributed by atoms with Crippen molar-refractivity contribution in [3.8, 4) is 5.75 Å². The van der Waals surface area contributed by atoms with Crippen LogP contribution in [-0.4, -0.2) is 13.0 Å². The van der Waals surface area contributed by atoms with Crippen LogP contribution in [0.3, 0.4) is 0 Å². The van der Waals surface area contributed by atoms with Crippen LogP contribution in [0.25, 0.3) is 11.6 Å². The zero-order valence-corrected chi connectivity index (χ0v) is 15.8. The summed E-state index contributed by atoms with van der Waals surface area (Å²) in [6.07, 6.45) is 1.83. The van der Waals surface area contributed by atoms with Crippen LogP contribution in [-0.2, 0) is 4.79 Å². The van der Waals surface area contributed by atoms with E-state index in [-0.39, 0.29) is 23.4 Å². The van der Waals surface area contributed by atoms with Crippen LogP contribution in [0.15, 0.2) is 30.3 Å². The Kier molecular flexibility index (Phi) is 4.86. The van der Waals surface area contributed by atoms with Crippen LogP contribution in [0.2, 0.25) is 0 Å². The van der Waals surface area contributed by atoms with E-state index in [1.807, 2.05) is 18.2 Å². The largest absolute Gasteiger partial charge is 0.496 e. The molecule has 1 amide bonds. The van der Waals surface area contributed by atoms with Crippen LogP contribution in [0.5, 0.6) is 5.75 Å². The Morgan fingerprint density at radius 3 is 2.23 bits per heavy atom. The third-order valence-corrected chi connectivity index (χ3v) is 4.71. The summed E-state index contributed by atoms with van der Waals surface area (Å²) in [5.74, 6) is 0.767. The fourth-order valence-corrected chi connectivity index (χ4v) is 3.36. The first kappa shape index (κ1) is 18.2. The van der Waals surface area contributed by atoms with Crippen LogP contribution in [0, 0.1) is 5.82 Å². The van der Waals surface area contributed by atoms with Gasteiger partial charge in [0, 0.05) is 11.1 Å². The topological polar surface area (TPSA) is 38.3 Å². The molecule has 0 spiro atoms. The zero-order chi connectivity index (χ0) is 19.0. The van der Waals surface area contributed by atoms with Gasteiger partial charge in [-0.25, -0.2) is 4.39 Å². The number of carbonyl (C=O) groups excluding carboxylic acids is 1. The zero-order valence-electron chi connectivity index (χ0n) is 15.8. The van der Waals surface area contributed by atoms with Crippen molar-refractivity contribution < 1.29 is 13.9 Å². The number of ether oxygens (including phenoxy) is 1. The quantitative estimate of drug-likeness (QED) is 0.729. The molecule has 3 nitrogen and oxygen atoms in total. The molecule has 4 heteroatoms. The van der Waals surface area contributed by atoms with Gasteiger partial charge in [-0.3, -0.25) is 4.79 Å². The average Bonchev–Trinajstić information content (AvgIpc) is 2.91. The van der Waals surface area contributed by atoms with E-state index in [0.717, 1.165) is 22.4 Å². The number of amides is 1. The van der Waals surface area contributed by atoms with Crippen molar-refractivity contribution in [3.63, 3.8) is 0 Å². The van der Waals surface area contributed by atoms with Crippen molar-refractivity contribution in [2.24, 2.45) is 0 Å². The number of nitrogens with one attached hydrogen (secondary N) is 1. The molecule has 1 aliphatic heterocycles. The second-order valence-electron chi connectivity index (χ2n) is 7.22. The first-order chi connectivity index (χ1) is 12.3. The predicted molar refractivity (Wildman–Crippen MR) is 104 cm³/mol. The number of carbonyl (C=O) groups is 1. The molecule has 1 heterocycles. The lowest BCUT2D eigenvalue weighted by Gasteiger charge is -2.19. The first-order valence-electron chi connectivity index (χ1n) is 8.87. The van der Waals surface area contributed by atoms with Gasteiger partial charge in [0.15, 0.2) is 0 Å². The molecule has 0 fully saturated rings. The van der Waals surface area contributed by atoms with Crippen LogP contribution in [0.1, 0.15) is 61.8 Å². The van der Waals surface area contributed by atoms with Crippen LogP contribution < -0.4 is 10.1 Å². The average molecular weight is 353 g/mol. The van der Waals surface area contributed by atoms with E-state index in [1.165, 1.54) is 6.07 Å². The molecule has 26 heavy (non-hydrogen) atoms. The van der Waals surface area contributed by atoms with Gasteiger partial charge < -0.3 is 10.1 Å². The third kappa shape index (κ3) is 3.12. The van der Waals surface area contributed by atoms with Crippen LogP contribution in [0.4, 0.5) is 10.1 Å². The van der Waals surface area contributed by atoms with Crippen molar-refractivity contribution in [1.29, 1.82) is 0 Å². The van der Waals surface area contributed by atoms with Gasteiger partial charge in [-0.05, 0) is 52.8 Å². The first-order valence-corrected chi connectivity index (χ1v) is 8.87. The van der Waals surface area contributed by atoms with Gasteiger partial charge in [0.2, 0.25) is 0 Å². The number of para-hydroxylation sites is 1. The molecule has 0 bridgehead atoms. The number of fused-ring (bicyclic) bond motifs is 1. The predicted octanol–water partition coefficient (Wildman–Crippen LogP) is 5.57. The van der Waals surface area contributed by atoms with E-state index < -0.39 is 5.82 Å². The highest BCUT2D eigenvalue weighted by Gasteiger charge is 2.27. The molecule has 2 aromatic carbocycles. The summed E-state index contributed by atoms with van der Waals surface area (Å²) in [5, 5.41) is 2.63. The lowest BCUT2D eigenvalue weighted by atomic mass is 9.90. The Morgan fingerprint density at radius 1 is 1.08 bits per heavy atom. The fourth-order valence-electron chi connectivity index (χ4n) is 3.36. The molecule has 136 valence electrons. The van der Waals surface area contributed by atoms with E-state index in [1.54, 1.807) is 19.2 Å². The molecule has 0 unspecified atom stereocenters. The molecule has 0 aliphatic carbocycles. The van der Waals surface area contributed by atoms with Gasteiger partial charge in [0.25, 0.3) is 5.91 Å². The minimum Gasteiger partial charge on any atom is -0.496 e. The smallest absolute Gasteiger partial charge is 0.256 e. The summed E-state index contributed by atoms with van der Waals surface area (Å²) in [5.41, 5.74) is 4.45. The summed E-state index contributed by atoms with van der Waals surface area (Å²) in [6.45, 7) is 8.47. The highest BCUT2D eigenvalue weighted by molar-refractivity contribution is 6.35. The van der Waals surface area contributed by atoms with E-state index in [4.69, 9.17) is 4.74 Å². The maximum Gasteiger partial charge on any atom is 0.256 e. The summed E-state index contributed by atoms with van der Waals surface area (Å²) in [6, 6.07) is 8.83. The van der Waals surface area contributed by atoms with Gasteiger partial charge in [-0.15, -0.1) is 0 Å². The Labute approximate surface area is 153 Å². The van der Waals surface area contributed by atoms with Gasteiger partial charge in [-0.1, -0.05) is 39.8 Å². The van der Waals surface area contributed by atoms with Gasteiger partial charge >= 0.3 is 0 Å². The fraction of sp³-hybridized carbons (Fsp3) is 0.318. The van der Waals surface area contributed by atoms with Crippen LogP contribution >= 0.6 is 0 Å². The molecule has 0 radical (unpaired) electrons. The molecular weight excluding hydrogens is 329 g/mol. The van der Waals surface area contributed by atoms with E-state index >= 15 is 0 Å². The third-order valence-electron chi connectivity index (χ3n) is 4.71. The maximum absolute atomic E-state index is 14.0. The molecule has 0 atom stereocenters. The van der Waals surface area contributed by atoms with Crippen molar-refractivity contribution >= 4 is 23.2 Å². The lowest BCUT2D eigenvalue weighted by Crippen LogP contribution is -2.05. The van der Waals surface area contributed by atoms with E-state index in [0.29, 0.717) is 11.1 Å². The Bertz CT molecular complexity index is 868. The number of hydrogen-bond acceptors (Lipinski definition) is 2. The van der Waals surface area contributed by atoms with Gasteiger partial charge in [0.1, 0.15) is 11.6 Å². The standard InChI is InChI=1S/C22H24FNO2/c1-12(2)16-9-14(10-17(13(3)4)21(16)26-5)11-18-15-7-6-8-19(23)20(15)24-22(18)25/h6-13H,1-5H3,(H,24,25)/b18-11-. The highest BCUT2D eigenvalue weighted by atomic mass is 19.1. The van der Waals surface area contributed by atoms with Crippen molar-refractivity contribution in [1.82, 2.24) is 0 Å². The van der Waals surface area contributed by atoms with Crippen molar-refractivity contribution in [2.75, 3.05) is 12.4 Å². The summed E-state index contributed by atoms with van der Waals surface area (Å²) < 4.78 is 19.6. The van der Waals surface area contributed by atoms with E-state index in [9.17, 15) is 9.18 Å². The van der Waals surface area contributed by atoms with Crippen molar-refractivity contribution in [2.45, 2.75) is 39.5 Å². The maximum atomic E-state index is 14.0. The Hall–Kier alpha value is -2.62. The number of benzene rings is 2. The number of halogens is 1. The monoisotopic (exact) mass is 353 g/mol. The SMILES string of the molecule is COc1c(C(C)C)cc(/C=C2\C(=O)Nc3c(F)cccc32)cc1C(C)C. The molecule has 0 saturated heterocycles. The van der Waals surface area contributed by atoms with Gasteiger partial charge in [0.05, 0.1) is 12.8 Å². The normalized spacial score (nSPS) is 14.9. The minimum absolute atomic E-state index is 0.255. The summed E-state index contributed by atoms with van der Waals surface area (Å²) in [4.78, 5) is 12.4. The molecule has 1 N–H and O–H groups in total. The molecular formula is C22H24FNO2. The number of methoxy groups -OCH3 is 1. The molecule has 0 aromatic heterocycles. The van der Waals surface area contributed by atoms with E-state index in [2.05, 4.69) is 33.0 Å². The van der Waals surface area contributed by atoms with Gasteiger partial charge in [-0.2, -0.15) is 0 Å². The summed E-state index contributed by atoms with van der Waals surface area (Å²) >= 11 is 0. The summed E-state index contributed by atoms with van der Waals surface area (Å²) in [7, 11) is 1.69. The highest BCUT2D eigenvalue weighted by Crippen LogP contribution is 2.39. The second-order valence-corrected chi connectivity index (χ2v) is 7.22.